The summed E-state index contributed by atoms with van der Waals surface area (Å²) in [5, 5.41) is 2.91. The Labute approximate surface area is 211 Å². The van der Waals surface area contributed by atoms with Gasteiger partial charge in [-0.1, -0.05) is 24.3 Å². The summed E-state index contributed by atoms with van der Waals surface area (Å²) < 4.78 is 39.4. The number of methoxy groups -OCH3 is 2. The van der Waals surface area contributed by atoms with Crippen molar-refractivity contribution in [3.05, 3.63) is 77.9 Å². The molecule has 3 rings (SSSR count). The summed E-state index contributed by atoms with van der Waals surface area (Å²) in [6.07, 6.45) is 2.00. The third kappa shape index (κ3) is 6.29. The first-order valence-corrected chi connectivity index (χ1v) is 13.6. The Bertz CT molecular complexity index is 1280. The SMILES string of the molecule is COc1cccc(N(CC(=O)N[C@H](C)c2ccc(SC)cc2)S(=O)(=O)c2cc(C)ccc2OC)c1. The van der Waals surface area contributed by atoms with Crippen LogP contribution in [0.4, 0.5) is 5.69 Å². The van der Waals surface area contributed by atoms with Gasteiger partial charge in [0.15, 0.2) is 0 Å². The third-order valence-corrected chi connectivity index (χ3v) is 8.05. The minimum absolute atomic E-state index is 0.0173. The molecule has 3 aromatic rings. The van der Waals surface area contributed by atoms with E-state index in [-0.39, 0.29) is 16.7 Å². The zero-order valence-electron chi connectivity index (χ0n) is 20.4. The van der Waals surface area contributed by atoms with Gasteiger partial charge >= 0.3 is 0 Å². The lowest BCUT2D eigenvalue weighted by Gasteiger charge is -2.26. The lowest BCUT2D eigenvalue weighted by atomic mass is 10.1. The van der Waals surface area contributed by atoms with E-state index < -0.39 is 22.5 Å². The molecule has 1 amide bonds. The van der Waals surface area contributed by atoms with E-state index in [1.807, 2.05) is 37.4 Å². The quantitative estimate of drug-likeness (QED) is 0.391. The first-order valence-electron chi connectivity index (χ1n) is 10.9. The number of aryl methyl sites for hydroxylation is 1. The van der Waals surface area contributed by atoms with Crippen molar-refractivity contribution in [3.63, 3.8) is 0 Å². The van der Waals surface area contributed by atoms with Gasteiger partial charge in [-0.15, -0.1) is 11.8 Å². The number of hydrogen-bond acceptors (Lipinski definition) is 6. The number of hydrogen-bond donors (Lipinski definition) is 1. The molecule has 9 heteroatoms. The Kier molecular flexibility index (Phi) is 8.69. The zero-order valence-corrected chi connectivity index (χ0v) is 22.1. The van der Waals surface area contributed by atoms with Crippen LogP contribution >= 0.6 is 11.8 Å². The van der Waals surface area contributed by atoms with E-state index in [2.05, 4.69) is 5.32 Å². The van der Waals surface area contributed by atoms with Gasteiger partial charge in [0.05, 0.1) is 25.9 Å². The van der Waals surface area contributed by atoms with Crippen molar-refractivity contribution in [2.24, 2.45) is 0 Å². The van der Waals surface area contributed by atoms with Crippen molar-refractivity contribution >= 4 is 33.4 Å². The van der Waals surface area contributed by atoms with Crippen LogP contribution in [0.25, 0.3) is 0 Å². The summed E-state index contributed by atoms with van der Waals surface area (Å²) in [5.74, 6) is 0.234. The van der Waals surface area contributed by atoms with Gasteiger partial charge < -0.3 is 14.8 Å². The fraction of sp³-hybridized carbons (Fsp3) is 0.269. The number of sulfonamides is 1. The van der Waals surface area contributed by atoms with Crippen molar-refractivity contribution in [1.29, 1.82) is 0 Å². The Hall–Kier alpha value is -3.17. The highest BCUT2D eigenvalue weighted by molar-refractivity contribution is 7.98. The largest absolute Gasteiger partial charge is 0.497 e. The predicted octanol–water partition coefficient (Wildman–Crippen LogP) is 4.81. The summed E-state index contributed by atoms with van der Waals surface area (Å²) in [5.41, 5.74) is 1.98. The Balaban J connectivity index is 1.96. The Morgan fingerprint density at radius 1 is 1.03 bits per heavy atom. The number of anilines is 1. The van der Waals surface area contributed by atoms with Crippen LogP contribution in [0, 0.1) is 6.92 Å². The summed E-state index contributed by atoms with van der Waals surface area (Å²) in [7, 11) is -1.25. The van der Waals surface area contributed by atoms with Crippen molar-refractivity contribution in [2.45, 2.75) is 29.7 Å². The fourth-order valence-corrected chi connectivity index (χ4v) is 5.64. The van der Waals surface area contributed by atoms with Crippen molar-refractivity contribution in [2.75, 3.05) is 31.3 Å². The molecule has 0 saturated heterocycles. The Morgan fingerprint density at radius 3 is 2.37 bits per heavy atom. The molecule has 0 aliphatic rings. The smallest absolute Gasteiger partial charge is 0.268 e. The molecule has 1 atom stereocenters. The molecule has 1 N–H and O–H groups in total. The van der Waals surface area contributed by atoms with E-state index in [1.165, 1.54) is 20.3 Å². The van der Waals surface area contributed by atoms with Crippen LogP contribution in [0.3, 0.4) is 0 Å². The molecule has 0 bridgehead atoms. The molecule has 0 radical (unpaired) electrons. The van der Waals surface area contributed by atoms with Crippen molar-refractivity contribution in [1.82, 2.24) is 5.32 Å². The van der Waals surface area contributed by atoms with Crippen LogP contribution in [0.2, 0.25) is 0 Å². The maximum atomic E-state index is 13.8. The molecule has 0 heterocycles. The molecule has 0 aromatic heterocycles. The number of thioether (sulfide) groups is 1. The van der Waals surface area contributed by atoms with Crippen LogP contribution in [0.15, 0.2) is 76.5 Å². The van der Waals surface area contributed by atoms with Gasteiger partial charge in [0.2, 0.25) is 5.91 Å². The maximum absolute atomic E-state index is 13.8. The minimum atomic E-state index is -4.16. The highest BCUT2D eigenvalue weighted by Gasteiger charge is 2.31. The zero-order chi connectivity index (χ0) is 25.6. The molecule has 7 nitrogen and oxygen atoms in total. The van der Waals surface area contributed by atoms with Gasteiger partial charge in [0, 0.05) is 11.0 Å². The lowest BCUT2D eigenvalue weighted by Crippen LogP contribution is -2.41. The van der Waals surface area contributed by atoms with E-state index in [0.717, 1.165) is 20.3 Å². The molecule has 35 heavy (non-hydrogen) atoms. The van der Waals surface area contributed by atoms with E-state index in [9.17, 15) is 13.2 Å². The number of nitrogens with one attached hydrogen (secondary N) is 1. The first kappa shape index (κ1) is 26.4. The molecule has 0 fully saturated rings. The van der Waals surface area contributed by atoms with E-state index >= 15 is 0 Å². The van der Waals surface area contributed by atoms with Gasteiger partial charge in [-0.3, -0.25) is 9.10 Å². The molecule has 186 valence electrons. The van der Waals surface area contributed by atoms with Gasteiger partial charge in [-0.2, -0.15) is 0 Å². The number of rotatable bonds is 10. The van der Waals surface area contributed by atoms with E-state index in [4.69, 9.17) is 9.47 Å². The van der Waals surface area contributed by atoms with Crippen molar-refractivity contribution < 1.29 is 22.7 Å². The lowest BCUT2D eigenvalue weighted by molar-refractivity contribution is -0.120. The van der Waals surface area contributed by atoms with Crippen LogP contribution < -0.4 is 19.1 Å². The molecule has 0 saturated carbocycles. The second-order valence-corrected chi connectivity index (χ2v) is 10.6. The standard InChI is InChI=1S/C26H30N2O5S2/c1-18-9-14-24(33-4)25(15-18)35(30,31)28(21-7-6-8-22(16-21)32-3)17-26(29)27-19(2)20-10-12-23(34-5)13-11-20/h6-16,19H,17H2,1-5H3,(H,27,29)/t19-/m1/s1. The highest BCUT2D eigenvalue weighted by Crippen LogP contribution is 2.32. The second kappa shape index (κ2) is 11.5. The summed E-state index contributed by atoms with van der Waals surface area (Å²) in [6, 6.07) is 19.1. The number of nitrogens with zero attached hydrogens (tertiary/aromatic N) is 1. The van der Waals surface area contributed by atoms with Crippen LogP contribution in [0.1, 0.15) is 24.1 Å². The normalized spacial score (nSPS) is 12.0. The topological polar surface area (TPSA) is 84.9 Å². The van der Waals surface area contributed by atoms with E-state index in [0.29, 0.717) is 11.4 Å². The first-order chi connectivity index (χ1) is 16.7. The number of benzene rings is 3. The number of amides is 1. The molecule has 0 aliphatic heterocycles. The molecular formula is C26H30N2O5S2. The van der Waals surface area contributed by atoms with E-state index in [1.54, 1.807) is 55.1 Å². The summed E-state index contributed by atoms with van der Waals surface area (Å²) in [4.78, 5) is 14.2. The maximum Gasteiger partial charge on any atom is 0.268 e. The third-order valence-electron chi connectivity index (χ3n) is 5.51. The summed E-state index contributed by atoms with van der Waals surface area (Å²) in [6.45, 7) is 3.24. The summed E-state index contributed by atoms with van der Waals surface area (Å²) >= 11 is 1.64. The van der Waals surface area contributed by atoms with Gasteiger partial charge in [-0.05, 0) is 67.6 Å². The van der Waals surface area contributed by atoms with Crippen molar-refractivity contribution in [3.8, 4) is 11.5 Å². The average Bonchev–Trinajstić information content (AvgIpc) is 2.87. The number of carbonyl (C=O) groups is 1. The average molecular weight is 515 g/mol. The molecule has 3 aromatic carbocycles. The fourth-order valence-electron chi connectivity index (χ4n) is 3.58. The Morgan fingerprint density at radius 2 is 1.74 bits per heavy atom. The monoisotopic (exact) mass is 514 g/mol. The highest BCUT2D eigenvalue weighted by atomic mass is 32.2. The second-order valence-electron chi connectivity index (χ2n) is 7.93. The van der Waals surface area contributed by atoms with Gasteiger partial charge in [-0.25, -0.2) is 8.42 Å². The van der Waals surface area contributed by atoms with Crippen LogP contribution in [-0.2, 0) is 14.8 Å². The van der Waals surface area contributed by atoms with Crippen LogP contribution in [-0.4, -0.2) is 41.3 Å². The number of carbonyl (C=O) groups excluding carboxylic acids is 1. The predicted molar refractivity (Wildman–Crippen MR) is 140 cm³/mol. The molecule has 0 aliphatic carbocycles. The van der Waals surface area contributed by atoms with Gasteiger partial charge in [0.1, 0.15) is 22.9 Å². The van der Waals surface area contributed by atoms with Crippen LogP contribution in [0.5, 0.6) is 11.5 Å². The number of ether oxygens (including phenoxy) is 2. The molecular weight excluding hydrogens is 484 g/mol. The molecule has 0 spiro atoms. The van der Waals surface area contributed by atoms with Gasteiger partial charge in [0.25, 0.3) is 10.0 Å². The minimum Gasteiger partial charge on any atom is -0.497 e. The molecule has 0 unspecified atom stereocenters.